The number of amidine groups is 1. The molecule has 2 heterocycles. The van der Waals surface area contributed by atoms with Crippen LogP contribution in [0, 0.1) is 0 Å². The molecule has 0 radical (unpaired) electrons. The van der Waals surface area contributed by atoms with E-state index in [1.165, 1.54) is 6.92 Å². The molecule has 1 saturated heterocycles. The highest BCUT2D eigenvalue weighted by Crippen LogP contribution is 2.20. The number of pyridine rings is 1. The molecule has 1 aliphatic heterocycles. The van der Waals surface area contributed by atoms with Gasteiger partial charge in [-0.15, -0.1) is 0 Å². The van der Waals surface area contributed by atoms with E-state index in [4.69, 9.17) is 11.6 Å². The topological polar surface area (TPSA) is 45.6 Å². The first-order valence-electron chi connectivity index (χ1n) is 5.22. The van der Waals surface area contributed by atoms with Gasteiger partial charge in [0.2, 0.25) is 5.91 Å². The molecule has 0 aromatic carbocycles. The number of aliphatic imine (C=N–C) groups is 1. The molecule has 17 heavy (non-hydrogen) atoms. The summed E-state index contributed by atoms with van der Waals surface area (Å²) in [6, 6.07) is 3.70. The van der Waals surface area contributed by atoms with Crippen LogP contribution in [0.5, 0.6) is 0 Å². The molecular weight excluding hydrogens is 258 g/mol. The smallest absolute Gasteiger partial charge is 0.244 e. The number of rotatable bonds is 2. The Balaban J connectivity index is 2.07. The van der Waals surface area contributed by atoms with Gasteiger partial charge in [0.05, 0.1) is 0 Å². The second kappa shape index (κ2) is 5.51. The van der Waals surface area contributed by atoms with Crippen LogP contribution < -0.4 is 0 Å². The van der Waals surface area contributed by atoms with Gasteiger partial charge in [-0.3, -0.25) is 4.79 Å². The van der Waals surface area contributed by atoms with Gasteiger partial charge in [0.1, 0.15) is 5.15 Å². The first-order valence-corrected chi connectivity index (χ1v) is 6.59. The van der Waals surface area contributed by atoms with E-state index in [0.717, 1.165) is 23.0 Å². The van der Waals surface area contributed by atoms with Crippen LogP contribution in [0.4, 0.5) is 0 Å². The summed E-state index contributed by atoms with van der Waals surface area (Å²) >= 11 is 7.34. The lowest BCUT2D eigenvalue weighted by atomic mass is 10.3. The third-order valence-electron chi connectivity index (χ3n) is 2.28. The molecule has 0 spiro atoms. The van der Waals surface area contributed by atoms with Crippen molar-refractivity contribution >= 4 is 34.4 Å². The van der Waals surface area contributed by atoms with Gasteiger partial charge in [-0.1, -0.05) is 29.4 Å². The van der Waals surface area contributed by atoms with E-state index in [9.17, 15) is 4.79 Å². The fourth-order valence-corrected chi connectivity index (χ4v) is 2.68. The molecule has 0 saturated carbocycles. The number of halogens is 1. The minimum absolute atomic E-state index is 0.159. The van der Waals surface area contributed by atoms with E-state index >= 15 is 0 Å². The van der Waals surface area contributed by atoms with Crippen LogP contribution in [0.25, 0.3) is 0 Å². The summed E-state index contributed by atoms with van der Waals surface area (Å²) in [5, 5.41) is 1.29. The minimum atomic E-state index is -0.159. The van der Waals surface area contributed by atoms with Crippen LogP contribution in [-0.4, -0.2) is 33.3 Å². The quantitative estimate of drug-likeness (QED) is 0.772. The van der Waals surface area contributed by atoms with Gasteiger partial charge in [-0.05, 0) is 11.6 Å². The van der Waals surface area contributed by atoms with Crippen molar-refractivity contribution in [3.8, 4) is 0 Å². The summed E-state index contributed by atoms with van der Waals surface area (Å²) in [6.45, 7) is 3.08. The number of carbonyl (C=O) groups excluding carboxylic acids is 1. The molecule has 1 aliphatic rings. The maximum Gasteiger partial charge on any atom is 0.244 e. The Labute approximate surface area is 109 Å². The molecule has 4 nitrogen and oxygen atoms in total. The molecule has 2 rings (SSSR count). The maximum atomic E-state index is 11.0. The van der Waals surface area contributed by atoms with Gasteiger partial charge in [0.15, 0.2) is 5.17 Å². The number of amides is 1. The third-order valence-corrected chi connectivity index (χ3v) is 3.50. The highest BCUT2D eigenvalue weighted by atomic mass is 35.5. The van der Waals surface area contributed by atoms with Crippen LogP contribution in [0.1, 0.15) is 12.5 Å². The molecule has 0 atom stereocenters. The lowest BCUT2D eigenvalue weighted by molar-refractivity contribution is -0.115. The van der Waals surface area contributed by atoms with Gasteiger partial charge in [0.25, 0.3) is 0 Å². The van der Waals surface area contributed by atoms with Crippen molar-refractivity contribution in [2.45, 2.75) is 13.5 Å². The number of hydrogen-bond donors (Lipinski definition) is 0. The van der Waals surface area contributed by atoms with Crippen molar-refractivity contribution in [1.82, 2.24) is 9.88 Å². The highest BCUT2D eigenvalue weighted by Gasteiger charge is 2.20. The Bertz CT molecular complexity index is 447. The minimum Gasteiger partial charge on any atom is -0.346 e. The van der Waals surface area contributed by atoms with E-state index < -0.39 is 0 Å². The number of hydrogen-bond acceptors (Lipinski definition) is 3. The molecule has 0 aliphatic carbocycles. The summed E-state index contributed by atoms with van der Waals surface area (Å²) in [5.41, 5.74) is 1.06. The Hall–Kier alpha value is -1.07. The van der Waals surface area contributed by atoms with Gasteiger partial charge in [-0.2, -0.15) is 4.99 Å². The second-order valence-electron chi connectivity index (χ2n) is 3.67. The van der Waals surface area contributed by atoms with Gasteiger partial charge < -0.3 is 4.90 Å². The molecule has 1 aromatic heterocycles. The molecule has 1 fully saturated rings. The lowest BCUT2D eigenvalue weighted by Gasteiger charge is -2.17. The molecular formula is C11H12ClN3OS. The van der Waals surface area contributed by atoms with Crippen molar-refractivity contribution in [3.63, 3.8) is 0 Å². The number of thioether (sulfide) groups is 1. The fraction of sp³-hybridized carbons (Fsp3) is 0.364. The molecule has 90 valence electrons. The maximum absolute atomic E-state index is 11.0. The fourth-order valence-electron chi connectivity index (χ4n) is 1.54. The van der Waals surface area contributed by atoms with Crippen LogP contribution in [-0.2, 0) is 11.3 Å². The van der Waals surface area contributed by atoms with Crippen LogP contribution >= 0.6 is 23.4 Å². The van der Waals surface area contributed by atoms with Crippen LogP contribution in [0.2, 0.25) is 5.15 Å². The summed E-state index contributed by atoms with van der Waals surface area (Å²) < 4.78 is 0. The van der Waals surface area contributed by atoms with Crippen molar-refractivity contribution in [2.75, 3.05) is 12.3 Å². The van der Waals surface area contributed by atoms with E-state index in [1.807, 2.05) is 6.07 Å². The van der Waals surface area contributed by atoms with Crippen LogP contribution in [0.15, 0.2) is 23.3 Å². The molecule has 0 N–H and O–H groups in total. The molecule has 0 bridgehead atoms. The monoisotopic (exact) mass is 269 g/mol. The highest BCUT2D eigenvalue weighted by molar-refractivity contribution is 8.14. The Morgan fingerprint density at radius 3 is 3.12 bits per heavy atom. The van der Waals surface area contributed by atoms with E-state index in [2.05, 4.69) is 14.9 Å². The zero-order valence-electron chi connectivity index (χ0n) is 9.39. The number of aromatic nitrogens is 1. The van der Waals surface area contributed by atoms with E-state index in [-0.39, 0.29) is 5.91 Å². The zero-order chi connectivity index (χ0) is 12.3. The molecule has 1 aromatic rings. The summed E-state index contributed by atoms with van der Waals surface area (Å²) in [7, 11) is 0. The predicted molar refractivity (Wildman–Crippen MR) is 70.2 cm³/mol. The Kier molecular flexibility index (Phi) is 4.02. The second-order valence-corrected chi connectivity index (χ2v) is 5.12. The van der Waals surface area contributed by atoms with Crippen molar-refractivity contribution in [3.05, 3.63) is 29.0 Å². The molecule has 0 unspecified atom stereocenters. The summed E-state index contributed by atoms with van der Waals surface area (Å²) in [5.74, 6) is 0.807. The normalized spacial score (nSPS) is 17.8. The first kappa shape index (κ1) is 12.4. The van der Waals surface area contributed by atoms with Crippen LogP contribution in [0.3, 0.4) is 0 Å². The standard InChI is InChI=1S/C11H12ClN3OS/c1-8(16)14-11-15(4-5-17-11)7-9-2-3-10(12)13-6-9/h2-3,6H,4-5,7H2,1H3/b14-11+. The van der Waals surface area contributed by atoms with Gasteiger partial charge in [-0.25, -0.2) is 4.98 Å². The summed E-state index contributed by atoms with van der Waals surface area (Å²) in [6.07, 6.45) is 1.75. The van der Waals surface area contributed by atoms with Gasteiger partial charge >= 0.3 is 0 Å². The average molecular weight is 270 g/mol. The lowest BCUT2D eigenvalue weighted by Crippen LogP contribution is -2.24. The largest absolute Gasteiger partial charge is 0.346 e. The van der Waals surface area contributed by atoms with Crippen molar-refractivity contribution < 1.29 is 4.79 Å². The predicted octanol–water partition coefficient (Wildman–Crippen LogP) is 2.19. The Morgan fingerprint density at radius 2 is 2.47 bits per heavy atom. The number of carbonyl (C=O) groups is 1. The van der Waals surface area contributed by atoms with Crippen molar-refractivity contribution in [2.24, 2.45) is 4.99 Å². The summed E-state index contributed by atoms with van der Waals surface area (Å²) in [4.78, 5) is 21.1. The average Bonchev–Trinajstić information content (AvgIpc) is 2.68. The SMILES string of the molecule is CC(=O)/N=C1/SCCN1Cc1ccc(Cl)nc1. The number of nitrogens with zero attached hydrogens (tertiary/aromatic N) is 3. The zero-order valence-corrected chi connectivity index (χ0v) is 11.0. The van der Waals surface area contributed by atoms with E-state index in [0.29, 0.717) is 11.7 Å². The van der Waals surface area contributed by atoms with E-state index in [1.54, 1.807) is 24.0 Å². The first-order chi connectivity index (χ1) is 8.15. The van der Waals surface area contributed by atoms with Crippen molar-refractivity contribution in [1.29, 1.82) is 0 Å². The third kappa shape index (κ3) is 3.44. The molecule has 1 amide bonds. The Morgan fingerprint density at radius 1 is 1.65 bits per heavy atom. The molecule has 6 heteroatoms. The van der Waals surface area contributed by atoms with Gasteiger partial charge in [0, 0.05) is 32.0 Å².